The van der Waals surface area contributed by atoms with E-state index in [9.17, 15) is 34.2 Å². The molecule has 17 atom stereocenters. The Labute approximate surface area is 347 Å². The predicted octanol–water partition coefficient (Wildman–Crippen LogP) is 2.43. The van der Waals surface area contributed by atoms with Gasteiger partial charge in [0.05, 0.1) is 36.9 Å². The number of likely N-dealkylation sites (N-methyl/N-ethyl adjacent to an activating group) is 1. The van der Waals surface area contributed by atoms with Crippen LogP contribution in [0, 0.1) is 17.8 Å². The van der Waals surface area contributed by atoms with Gasteiger partial charge in [-0.2, -0.15) is 0 Å². The monoisotopic (exact) mass is 841 g/mol. The zero-order valence-corrected chi connectivity index (χ0v) is 36.3. The molecule has 0 radical (unpaired) electrons. The number of carbonyl (C=O) groups excluding carboxylic acids is 5. The molecule has 4 rings (SSSR count). The summed E-state index contributed by atoms with van der Waals surface area (Å²) in [5.74, 6) is -3.35. The summed E-state index contributed by atoms with van der Waals surface area (Å²) in [4.78, 5) is 65.8. The molecule has 2 N–H and O–H groups in total. The van der Waals surface area contributed by atoms with E-state index in [2.05, 4.69) is 0 Å². The van der Waals surface area contributed by atoms with Crippen molar-refractivity contribution >= 4 is 30.0 Å². The van der Waals surface area contributed by atoms with Crippen LogP contribution in [0.25, 0.3) is 0 Å². The van der Waals surface area contributed by atoms with Gasteiger partial charge in [-0.05, 0) is 72.2 Å². The summed E-state index contributed by atoms with van der Waals surface area (Å²) in [7, 11) is 4.82. The number of ketones is 1. The van der Waals surface area contributed by atoms with Crippen LogP contribution in [0.1, 0.15) is 93.9 Å². The number of carbonyl (C=O) groups is 5. The summed E-state index contributed by atoms with van der Waals surface area (Å²) < 4.78 is 54.2. The number of hydrogen-bond acceptors (Lipinski definition) is 17. The van der Waals surface area contributed by atoms with Crippen molar-refractivity contribution < 1.29 is 76.8 Å². The van der Waals surface area contributed by atoms with E-state index in [1.54, 1.807) is 59.7 Å². The number of aliphatic hydroxyl groups is 2. The SMILES string of the molecule is CO[C@H]1[C@@H](O[C@@H]2O[C@H](C)[C@H](O[C@@H]3C[C@](C)(O)[C@H](OC(=O)CC(C)C)[C@H](C)O3)[C@@H](N(C)C)[C@@H]2O)[C@@H](CC=O)C[C@@H](C)C(=O)/C=C/[C@H]2O[C@H]2C[C@@H](C)OC(=O)C[C@H]1OC(C)=O. The second kappa shape index (κ2) is 21.3. The van der Waals surface area contributed by atoms with Gasteiger partial charge in [-0.25, -0.2) is 0 Å². The maximum absolute atomic E-state index is 13.4. The first-order valence-corrected chi connectivity index (χ1v) is 20.7. The Morgan fingerprint density at radius 2 is 1.69 bits per heavy atom. The second-order valence-corrected chi connectivity index (χ2v) is 17.5. The number of aliphatic hydroxyl groups excluding tert-OH is 1. The molecule has 0 unspecified atom stereocenters. The van der Waals surface area contributed by atoms with E-state index in [4.69, 9.17) is 42.6 Å². The third-order valence-corrected chi connectivity index (χ3v) is 11.4. The van der Waals surface area contributed by atoms with E-state index < -0.39 is 115 Å². The summed E-state index contributed by atoms with van der Waals surface area (Å²) >= 11 is 0. The molecule has 59 heavy (non-hydrogen) atoms. The van der Waals surface area contributed by atoms with Crippen molar-refractivity contribution in [3.8, 4) is 0 Å². The number of cyclic esters (lactones) is 1. The predicted molar refractivity (Wildman–Crippen MR) is 208 cm³/mol. The lowest BCUT2D eigenvalue weighted by Gasteiger charge is -2.50. The molecule has 17 heteroatoms. The van der Waals surface area contributed by atoms with Gasteiger partial charge in [0.15, 0.2) is 24.5 Å². The van der Waals surface area contributed by atoms with Crippen LogP contribution in [0.5, 0.6) is 0 Å². The van der Waals surface area contributed by atoms with Gasteiger partial charge < -0.3 is 62.5 Å². The molecule has 0 spiro atoms. The fraction of sp³-hybridized carbons (Fsp3) is 0.833. The number of aldehydes is 1. The van der Waals surface area contributed by atoms with Gasteiger partial charge in [0.25, 0.3) is 0 Å². The topological polar surface area (TPSA) is 215 Å². The number of methoxy groups -OCH3 is 1. The van der Waals surface area contributed by atoms with Crippen LogP contribution >= 0.6 is 0 Å². The number of ether oxygens (including phenoxy) is 9. The summed E-state index contributed by atoms with van der Waals surface area (Å²) in [6.07, 6.45) is -7.99. The fourth-order valence-electron chi connectivity index (χ4n) is 8.51. The van der Waals surface area contributed by atoms with Crippen LogP contribution in [0.3, 0.4) is 0 Å². The normalized spacial score (nSPS) is 41.7. The molecule has 0 aromatic carbocycles. The highest BCUT2D eigenvalue weighted by molar-refractivity contribution is 5.91. The van der Waals surface area contributed by atoms with Crippen LogP contribution in [-0.2, 0) is 66.6 Å². The maximum atomic E-state index is 13.4. The highest BCUT2D eigenvalue weighted by Crippen LogP contribution is 2.38. The Morgan fingerprint density at radius 1 is 1.00 bits per heavy atom. The average molecular weight is 842 g/mol. The van der Waals surface area contributed by atoms with Crippen LogP contribution in [0.2, 0.25) is 0 Å². The van der Waals surface area contributed by atoms with Gasteiger partial charge >= 0.3 is 17.9 Å². The molecule has 3 fully saturated rings. The molecular formula is C42H67NO16. The minimum Gasteiger partial charge on any atom is -0.462 e. The van der Waals surface area contributed by atoms with Crippen LogP contribution in [0.15, 0.2) is 12.2 Å². The van der Waals surface area contributed by atoms with Gasteiger partial charge in [-0.3, -0.25) is 19.2 Å². The molecule has 4 heterocycles. The number of esters is 3. The maximum Gasteiger partial charge on any atom is 0.309 e. The lowest BCUT2D eigenvalue weighted by Crippen LogP contribution is -2.66. The van der Waals surface area contributed by atoms with E-state index in [0.717, 1.165) is 0 Å². The first kappa shape index (κ1) is 48.8. The summed E-state index contributed by atoms with van der Waals surface area (Å²) in [6.45, 7) is 13.4. The van der Waals surface area contributed by atoms with E-state index in [0.29, 0.717) is 12.7 Å². The van der Waals surface area contributed by atoms with Crippen molar-refractivity contribution in [1.29, 1.82) is 0 Å². The van der Waals surface area contributed by atoms with Crippen LogP contribution in [0.4, 0.5) is 0 Å². The standard InChI is InChI=1S/C42H67NO16/c1-21(2)16-32(47)57-40-25(6)53-34(20-42(40,8)50)58-37-24(5)54-41(36(49)35(37)43(9)10)59-38-27(14-15-44)17-22(3)28(46)12-13-29-30(56-29)18-23(4)52-33(48)19-31(39(38)51-11)55-26(7)45/h12-13,15,21-25,27,29-31,34-41,49-50H,14,16-20H2,1-11H3/b13-12+/t22-,23-,24-,25+,27+,29-,30+,31-,34-,35+,36+,37+,38+,39-,40-,41+,42+/m1/s1. The smallest absolute Gasteiger partial charge is 0.309 e. The van der Waals surface area contributed by atoms with Crippen LogP contribution in [-0.4, -0.2) is 158 Å². The molecule has 17 nitrogen and oxygen atoms in total. The molecule has 0 aromatic rings. The van der Waals surface area contributed by atoms with Crippen molar-refractivity contribution in [2.24, 2.45) is 17.8 Å². The molecule has 0 bridgehead atoms. The average Bonchev–Trinajstić information content (AvgIpc) is 3.85. The molecule has 0 saturated carbocycles. The highest BCUT2D eigenvalue weighted by atomic mass is 16.7. The first-order chi connectivity index (χ1) is 27.6. The van der Waals surface area contributed by atoms with Crippen molar-refractivity contribution in [2.45, 2.75) is 185 Å². The molecule has 336 valence electrons. The number of hydrogen-bond donors (Lipinski definition) is 2. The van der Waals surface area contributed by atoms with Crippen molar-refractivity contribution in [3.05, 3.63) is 12.2 Å². The zero-order chi connectivity index (χ0) is 43.9. The van der Waals surface area contributed by atoms with Crippen LogP contribution < -0.4 is 0 Å². The minimum absolute atomic E-state index is 0.0551. The molecule has 3 saturated heterocycles. The van der Waals surface area contributed by atoms with Gasteiger partial charge in [0, 0.05) is 45.6 Å². The molecule has 0 aromatic heterocycles. The first-order valence-electron chi connectivity index (χ1n) is 20.7. The van der Waals surface area contributed by atoms with Crippen molar-refractivity contribution in [3.63, 3.8) is 0 Å². The van der Waals surface area contributed by atoms with Gasteiger partial charge in [0.1, 0.15) is 48.5 Å². The summed E-state index contributed by atoms with van der Waals surface area (Å²) in [5, 5.41) is 23.5. The minimum atomic E-state index is -1.51. The van der Waals surface area contributed by atoms with Crippen molar-refractivity contribution in [1.82, 2.24) is 4.90 Å². The number of rotatable bonds is 12. The Hall–Kier alpha value is -2.87. The number of fused-ring (bicyclic) bond motifs is 1. The lowest BCUT2D eigenvalue weighted by molar-refractivity contribution is -0.344. The third-order valence-electron chi connectivity index (χ3n) is 11.4. The fourth-order valence-corrected chi connectivity index (χ4v) is 8.51. The van der Waals surface area contributed by atoms with Gasteiger partial charge in [-0.15, -0.1) is 0 Å². The largest absolute Gasteiger partial charge is 0.462 e. The Morgan fingerprint density at radius 3 is 2.29 bits per heavy atom. The lowest BCUT2D eigenvalue weighted by atomic mass is 9.83. The summed E-state index contributed by atoms with van der Waals surface area (Å²) in [5.41, 5.74) is -1.51. The molecule has 0 aliphatic carbocycles. The molecule has 0 amide bonds. The van der Waals surface area contributed by atoms with Crippen molar-refractivity contribution in [2.75, 3.05) is 21.2 Å². The summed E-state index contributed by atoms with van der Waals surface area (Å²) in [6, 6.07) is -0.800. The molecular weight excluding hydrogens is 774 g/mol. The van der Waals surface area contributed by atoms with Gasteiger partial charge in [-0.1, -0.05) is 20.8 Å². The van der Waals surface area contributed by atoms with E-state index in [-0.39, 0.29) is 49.6 Å². The number of allylic oxidation sites excluding steroid dienone is 1. The Kier molecular flexibility index (Phi) is 17.6. The quantitative estimate of drug-likeness (QED) is 0.125. The second-order valence-electron chi connectivity index (χ2n) is 17.5. The third kappa shape index (κ3) is 13.3. The zero-order valence-electron chi connectivity index (χ0n) is 36.3. The Balaban J connectivity index is 1.64. The van der Waals surface area contributed by atoms with E-state index in [1.165, 1.54) is 20.1 Å². The molecule has 4 aliphatic heterocycles. The van der Waals surface area contributed by atoms with Gasteiger partial charge in [0.2, 0.25) is 0 Å². The van der Waals surface area contributed by atoms with E-state index >= 15 is 0 Å². The molecule has 4 aliphatic rings. The Bertz CT molecular complexity index is 1470. The number of nitrogens with zero attached hydrogens (tertiary/aromatic N) is 1. The van der Waals surface area contributed by atoms with E-state index in [1.807, 2.05) is 13.8 Å². The number of epoxide rings is 1. The highest BCUT2D eigenvalue weighted by Gasteiger charge is 2.53.